The molecule has 0 fully saturated rings. The number of benzene rings is 2. The Balaban J connectivity index is 1.67. The van der Waals surface area contributed by atoms with Crippen molar-refractivity contribution in [2.24, 2.45) is 5.73 Å². The lowest BCUT2D eigenvalue weighted by atomic mass is 10.0. The highest BCUT2D eigenvalue weighted by atomic mass is 19.4. The van der Waals surface area contributed by atoms with Gasteiger partial charge < -0.3 is 16.4 Å². The second kappa shape index (κ2) is 9.08. The monoisotopic (exact) mass is 449 g/mol. The number of aryl methyl sites for hydroxylation is 3. The molecule has 0 saturated carbocycles. The van der Waals surface area contributed by atoms with Gasteiger partial charge in [-0.05, 0) is 67.3 Å². The fourth-order valence-corrected chi connectivity index (χ4v) is 3.12. The summed E-state index contributed by atoms with van der Waals surface area (Å²) in [5.41, 5.74) is 6.29. The van der Waals surface area contributed by atoms with E-state index in [2.05, 4.69) is 20.8 Å². The largest absolute Gasteiger partial charge is 0.416 e. The van der Waals surface area contributed by atoms with Gasteiger partial charge in [-0.1, -0.05) is 0 Å². The summed E-state index contributed by atoms with van der Waals surface area (Å²) in [5, 5.41) is 11.2. The molecule has 168 valence electrons. The Morgan fingerprint density at radius 2 is 1.84 bits per heavy atom. The first-order valence-corrected chi connectivity index (χ1v) is 9.40. The minimum Gasteiger partial charge on any atom is -0.364 e. The van der Waals surface area contributed by atoms with Gasteiger partial charge in [-0.15, -0.1) is 0 Å². The van der Waals surface area contributed by atoms with Crippen molar-refractivity contribution in [1.29, 1.82) is 0 Å². The molecule has 0 radical (unpaired) electrons. The Labute approximate surface area is 180 Å². The summed E-state index contributed by atoms with van der Waals surface area (Å²) < 4.78 is 52.4. The molecule has 3 aromatic rings. The number of amides is 3. The molecule has 11 heteroatoms. The average molecular weight is 449 g/mol. The minimum absolute atomic E-state index is 0.157. The molecule has 0 spiro atoms. The van der Waals surface area contributed by atoms with Crippen molar-refractivity contribution >= 4 is 23.3 Å². The zero-order chi connectivity index (χ0) is 23.5. The first-order chi connectivity index (χ1) is 15.0. The van der Waals surface area contributed by atoms with Gasteiger partial charge in [0.25, 0.3) is 5.91 Å². The number of hydrogen-bond acceptors (Lipinski definition) is 3. The molecule has 5 N–H and O–H groups in total. The maximum Gasteiger partial charge on any atom is 0.416 e. The lowest BCUT2D eigenvalue weighted by Crippen LogP contribution is -2.20. The third-order valence-electron chi connectivity index (χ3n) is 4.66. The summed E-state index contributed by atoms with van der Waals surface area (Å²) in [6.45, 7) is 1.43. The quantitative estimate of drug-likeness (QED) is 0.418. The first kappa shape index (κ1) is 22.8. The van der Waals surface area contributed by atoms with E-state index in [0.29, 0.717) is 24.0 Å². The summed E-state index contributed by atoms with van der Waals surface area (Å²) in [6.07, 6.45) is -2.34. The number of anilines is 2. The molecule has 0 aliphatic carbocycles. The molecule has 7 nitrogen and oxygen atoms in total. The molecule has 0 aliphatic rings. The number of carbonyl (C=O) groups is 2. The number of urea groups is 1. The van der Waals surface area contributed by atoms with Crippen LogP contribution in [-0.2, 0) is 19.0 Å². The van der Waals surface area contributed by atoms with Crippen LogP contribution in [0.2, 0.25) is 0 Å². The topological polar surface area (TPSA) is 113 Å². The minimum atomic E-state index is -4.49. The van der Waals surface area contributed by atoms with Gasteiger partial charge in [0.1, 0.15) is 11.5 Å². The second-order valence-electron chi connectivity index (χ2n) is 7.09. The van der Waals surface area contributed by atoms with E-state index in [4.69, 9.17) is 5.73 Å². The predicted molar refractivity (Wildman–Crippen MR) is 110 cm³/mol. The van der Waals surface area contributed by atoms with Crippen molar-refractivity contribution in [3.8, 4) is 0 Å². The molecule has 1 aromatic heterocycles. The van der Waals surface area contributed by atoms with Crippen molar-refractivity contribution in [1.82, 2.24) is 10.2 Å². The van der Waals surface area contributed by atoms with E-state index in [1.807, 2.05) is 0 Å². The van der Waals surface area contributed by atoms with Crippen LogP contribution in [0.15, 0.2) is 42.6 Å². The zero-order valence-electron chi connectivity index (χ0n) is 16.8. The Morgan fingerprint density at radius 3 is 2.50 bits per heavy atom. The number of nitrogens with one attached hydrogen (secondary N) is 3. The number of nitrogens with two attached hydrogens (primary N) is 1. The number of aromatic amines is 1. The van der Waals surface area contributed by atoms with Gasteiger partial charge in [0, 0.05) is 16.9 Å². The van der Waals surface area contributed by atoms with Crippen LogP contribution in [0.1, 0.15) is 32.7 Å². The number of alkyl halides is 3. The highest BCUT2D eigenvalue weighted by Gasteiger charge is 2.30. The smallest absolute Gasteiger partial charge is 0.364 e. The molecule has 32 heavy (non-hydrogen) atoms. The number of H-pyrrole nitrogens is 1. The van der Waals surface area contributed by atoms with Gasteiger partial charge >= 0.3 is 12.2 Å². The number of hydrogen-bond donors (Lipinski definition) is 4. The molecule has 0 unspecified atom stereocenters. The van der Waals surface area contributed by atoms with Crippen LogP contribution in [0, 0.1) is 12.7 Å². The molecule has 3 rings (SSSR count). The average Bonchev–Trinajstić information content (AvgIpc) is 3.15. The molecule has 0 bridgehead atoms. The highest BCUT2D eigenvalue weighted by molar-refractivity contribution is 6.00. The number of aromatic nitrogens is 2. The third kappa shape index (κ3) is 5.62. The summed E-state index contributed by atoms with van der Waals surface area (Å²) in [4.78, 5) is 23.6. The van der Waals surface area contributed by atoms with E-state index in [1.165, 1.54) is 19.2 Å². The normalized spacial score (nSPS) is 11.3. The maximum absolute atomic E-state index is 14.0. The van der Waals surface area contributed by atoms with E-state index in [9.17, 15) is 27.2 Å². The number of halogens is 4. The Kier molecular flexibility index (Phi) is 6.47. The van der Waals surface area contributed by atoms with E-state index in [1.54, 1.807) is 6.07 Å². The van der Waals surface area contributed by atoms with Crippen LogP contribution < -0.4 is 16.4 Å². The SMILES string of the molecule is Cc1cc(C(F)(F)F)ccc1NC(=O)Nc1cc(F)cc(CCc2cn[nH]c2C(N)=O)c1. The Bertz CT molecular complexity index is 1160. The van der Waals surface area contributed by atoms with Crippen LogP contribution in [0.25, 0.3) is 0 Å². The van der Waals surface area contributed by atoms with Gasteiger partial charge in [0.05, 0.1) is 11.8 Å². The van der Waals surface area contributed by atoms with Crippen LogP contribution in [0.3, 0.4) is 0 Å². The van der Waals surface area contributed by atoms with E-state index in [-0.39, 0.29) is 22.6 Å². The lowest BCUT2D eigenvalue weighted by Gasteiger charge is -2.13. The standard InChI is InChI=1S/C21H19F4N5O2/c1-11-6-14(21(23,24)25)4-5-17(11)29-20(32)28-16-8-12(7-15(22)9-16)2-3-13-10-27-30-18(13)19(26)31/h4-10H,2-3H2,1H3,(H2,26,31)(H,27,30)(H2,28,29,32). The van der Waals surface area contributed by atoms with Crippen molar-refractivity contribution < 1.29 is 27.2 Å². The number of rotatable bonds is 6. The number of nitrogens with zero attached hydrogens (tertiary/aromatic N) is 1. The Morgan fingerprint density at radius 1 is 1.09 bits per heavy atom. The van der Waals surface area contributed by atoms with Crippen LogP contribution >= 0.6 is 0 Å². The van der Waals surface area contributed by atoms with Gasteiger partial charge in [-0.3, -0.25) is 9.89 Å². The molecule has 3 amide bonds. The fourth-order valence-electron chi connectivity index (χ4n) is 3.12. The second-order valence-corrected chi connectivity index (χ2v) is 7.09. The lowest BCUT2D eigenvalue weighted by molar-refractivity contribution is -0.137. The van der Waals surface area contributed by atoms with E-state index >= 15 is 0 Å². The van der Waals surface area contributed by atoms with Gasteiger partial charge in [0.2, 0.25) is 0 Å². The van der Waals surface area contributed by atoms with Gasteiger partial charge in [-0.2, -0.15) is 18.3 Å². The predicted octanol–water partition coefficient (Wildman–Crippen LogP) is 4.40. The molecule has 0 atom stereocenters. The summed E-state index contributed by atoms with van der Waals surface area (Å²) >= 11 is 0. The third-order valence-corrected chi connectivity index (χ3v) is 4.66. The van der Waals surface area contributed by atoms with E-state index in [0.717, 1.165) is 24.3 Å². The van der Waals surface area contributed by atoms with Gasteiger partial charge in [-0.25, -0.2) is 9.18 Å². The summed E-state index contributed by atoms with van der Waals surface area (Å²) in [6, 6.07) is 6.13. The fraction of sp³-hybridized carbons (Fsp3) is 0.190. The van der Waals surface area contributed by atoms with Crippen LogP contribution in [0.4, 0.5) is 33.7 Å². The van der Waals surface area contributed by atoms with Crippen molar-refractivity contribution in [3.63, 3.8) is 0 Å². The first-order valence-electron chi connectivity index (χ1n) is 9.40. The summed E-state index contributed by atoms with van der Waals surface area (Å²) in [5.74, 6) is -1.25. The van der Waals surface area contributed by atoms with Crippen molar-refractivity contribution in [2.45, 2.75) is 25.9 Å². The van der Waals surface area contributed by atoms with Crippen LogP contribution in [0.5, 0.6) is 0 Å². The molecule has 1 heterocycles. The Hall–Kier alpha value is -3.89. The molecule has 2 aromatic carbocycles. The zero-order valence-corrected chi connectivity index (χ0v) is 16.8. The highest BCUT2D eigenvalue weighted by Crippen LogP contribution is 2.31. The van der Waals surface area contributed by atoms with E-state index < -0.39 is 29.5 Å². The van der Waals surface area contributed by atoms with Crippen molar-refractivity contribution in [2.75, 3.05) is 10.6 Å². The number of primary amides is 1. The molecular weight excluding hydrogens is 430 g/mol. The maximum atomic E-state index is 14.0. The summed E-state index contributed by atoms with van der Waals surface area (Å²) in [7, 11) is 0. The van der Waals surface area contributed by atoms with Crippen LogP contribution in [-0.4, -0.2) is 22.1 Å². The number of carbonyl (C=O) groups excluding carboxylic acids is 2. The van der Waals surface area contributed by atoms with Gasteiger partial charge in [0.15, 0.2) is 0 Å². The van der Waals surface area contributed by atoms with Crippen molar-refractivity contribution in [3.05, 3.63) is 76.4 Å². The molecule has 0 aliphatic heterocycles. The molecule has 0 saturated heterocycles. The molecular formula is C21H19F4N5O2.